The van der Waals surface area contributed by atoms with Crippen LogP contribution in [0, 0.1) is 6.92 Å². The number of carboxylic acid groups (broad SMARTS) is 1. The molecule has 1 aromatic carbocycles. The SMILES string of the molecule is Cc1c(C(=O)O)ccc(C(Cl)(Cl)Cl)c1[S@](C)=O. The Bertz CT molecular complexity index is 494. The van der Waals surface area contributed by atoms with Crippen LogP contribution in [0.3, 0.4) is 0 Å². The number of hydrogen-bond acceptors (Lipinski definition) is 2. The summed E-state index contributed by atoms with van der Waals surface area (Å²) in [6.45, 7) is 1.54. The van der Waals surface area contributed by atoms with Gasteiger partial charge in [-0.05, 0) is 18.6 Å². The number of halogens is 3. The molecule has 7 heteroatoms. The fourth-order valence-electron chi connectivity index (χ4n) is 1.52. The molecule has 1 rings (SSSR count). The molecule has 0 aliphatic rings. The van der Waals surface area contributed by atoms with Crippen molar-refractivity contribution in [2.45, 2.75) is 15.6 Å². The molecule has 0 aliphatic heterocycles. The zero-order valence-corrected chi connectivity index (χ0v) is 12.0. The summed E-state index contributed by atoms with van der Waals surface area (Å²) in [5, 5.41) is 8.97. The van der Waals surface area contributed by atoms with Crippen molar-refractivity contribution in [1.29, 1.82) is 0 Å². The molecule has 0 aromatic heterocycles. The lowest BCUT2D eigenvalue weighted by molar-refractivity contribution is 0.0696. The molecule has 0 amide bonds. The van der Waals surface area contributed by atoms with Gasteiger partial charge in [-0.25, -0.2) is 4.79 Å². The summed E-state index contributed by atoms with van der Waals surface area (Å²) in [7, 11) is -1.44. The predicted octanol–water partition coefficient (Wildman–Crippen LogP) is 3.26. The van der Waals surface area contributed by atoms with E-state index >= 15 is 0 Å². The number of carbonyl (C=O) groups is 1. The van der Waals surface area contributed by atoms with Crippen LogP contribution in [0.25, 0.3) is 0 Å². The molecule has 0 saturated carbocycles. The first-order chi connectivity index (χ1) is 7.66. The van der Waals surface area contributed by atoms with Crippen molar-refractivity contribution in [1.82, 2.24) is 0 Å². The van der Waals surface area contributed by atoms with Crippen molar-refractivity contribution < 1.29 is 14.1 Å². The number of carboxylic acids is 1. The lowest BCUT2D eigenvalue weighted by Crippen LogP contribution is -2.11. The minimum Gasteiger partial charge on any atom is -0.478 e. The fraction of sp³-hybridized carbons (Fsp3) is 0.300. The first kappa shape index (κ1) is 14.8. The lowest BCUT2D eigenvalue weighted by atomic mass is 10.1. The molecule has 1 atom stereocenters. The Morgan fingerprint density at radius 2 is 1.88 bits per heavy atom. The topological polar surface area (TPSA) is 54.4 Å². The Kier molecular flexibility index (Phi) is 4.47. The first-order valence-electron chi connectivity index (χ1n) is 4.43. The molecule has 0 saturated heterocycles. The number of rotatable bonds is 2. The summed E-state index contributed by atoms with van der Waals surface area (Å²) in [5.74, 6) is -1.11. The Labute approximate surface area is 116 Å². The van der Waals surface area contributed by atoms with E-state index in [0.717, 1.165) is 0 Å². The van der Waals surface area contributed by atoms with Gasteiger partial charge in [-0.3, -0.25) is 4.21 Å². The van der Waals surface area contributed by atoms with Gasteiger partial charge >= 0.3 is 5.97 Å². The third-order valence-electron chi connectivity index (χ3n) is 2.23. The lowest BCUT2D eigenvalue weighted by Gasteiger charge is -2.18. The summed E-state index contributed by atoms with van der Waals surface area (Å²) in [6.07, 6.45) is 1.41. The Balaban J connectivity index is 3.63. The molecule has 0 spiro atoms. The predicted molar refractivity (Wildman–Crippen MR) is 69.7 cm³/mol. The Morgan fingerprint density at radius 3 is 2.24 bits per heavy atom. The van der Waals surface area contributed by atoms with Gasteiger partial charge in [-0.1, -0.05) is 40.9 Å². The maximum Gasteiger partial charge on any atom is 0.335 e. The summed E-state index contributed by atoms with van der Waals surface area (Å²) in [6, 6.07) is 2.71. The third-order valence-corrected chi connectivity index (χ3v) is 3.94. The zero-order chi connectivity index (χ0) is 13.4. The quantitative estimate of drug-likeness (QED) is 0.852. The normalized spacial score (nSPS) is 13.5. The minimum atomic E-state index is -1.73. The second-order valence-corrected chi connectivity index (χ2v) is 6.97. The van der Waals surface area contributed by atoms with Crippen LogP contribution in [-0.4, -0.2) is 21.5 Å². The van der Waals surface area contributed by atoms with Crippen LogP contribution in [0.5, 0.6) is 0 Å². The Morgan fingerprint density at radius 1 is 1.35 bits per heavy atom. The van der Waals surface area contributed by atoms with E-state index in [2.05, 4.69) is 0 Å². The van der Waals surface area contributed by atoms with Crippen molar-refractivity contribution >= 4 is 51.6 Å². The van der Waals surface area contributed by atoms with Crippen molar-refractivity contribution in [2.24, 2.45) is 0 Å². The van der Waals surface area contributed by atoms with Gasteiger partial charge in [0.05, 0.1) is 16.4 Å². The smallest absolute Gasteiger partial charge is 0.335 e. The van der Waals surface area contributed by atoms with Crippen molar-refractivity contribution in [3.63, 3.8) is 0 Å². The van der Waals surface area contributed by atoms with E-state index in [9.17, 15) is 9.00 Å². The van der Waals surface area contributed by atoms with E-state index in [0.29, 0.717) is 5.56 Å². The van der Waals surface area contributed by atoms with Crippen LogP contribution in [0.15, 0.2) is 17.0 Å². The third kappa shape index (κ3) is 3.13. The minimum absolute atomic E-state index is 0.0493. The number of hydrogen-bond donors (Lipinski definition) is 1. The highest BCUT2D eigenvalue weighted by atomic mass is 35.6. The van der Waals surface area contributed by atoms with Gasteiger partial charge < -0.3 is 5.11 Å². The summed E-state index contributed by atoms with van der Waals surface area (Å²) in [5.41, 5.74) is 0.640. The molecule has 0 bridgehead atoms. The van der Waals surface area contributed by atoms with Gasteiger partial charge in [-0.15, -0.1) is 0 Å². The van der Waals surface area contributed by atoms with Gasteiger partial charge in [0.1, 0.15) is 0 Å². The second kappa shape index (κ2) is 5.14. The van der Waals surface area contributed by atoms with Crippen molar-refractivity contribution in [3.05, 3.63) is 28.8 Å². The number of aromatic carboxylic acids is 1. The van der Waals surface area contributed by atoms with Crippen molar-refractivity contribution in [3.8, 4) is 0 Å². The van der Waals surface area contributed by atoms with E-state index in [-0.39, 0.29) is 16.0 Å². The summed E-state index contributed by atoms with van der Waals surface area (Å²) >= 11 is 17.3. The fourth-order valence-corrected chi connectivity index (χ4v) is 3.23. The molecule has 0 unspecified atom stereocenters. The molecule has 0 fully saturated rings. The Hall–Kier alpha value is -0.290. The van der Waals surface area contributed by atoms with Crippen LogP contribution in [0.1, 0.15) is 21.5 Å². The van der Waals surface area contributed by atoms with Gasteiger partial charge in [0.2, 0.25) is 3.79 Å². The number of benzene rings is 1. The highest BCUT2D eigenvalue weighted by Gasteiger charge is 2.30. The van der Waals surface area contributed by atoms with Crippen LogP contribution >= 0.6 is 34.8 Å². The van der Waals surface area contributed by atoms with Crippen LogP contribution < -0.4 is 0 Å². The second-order valence-electron chi connectivity index (χ2n) is 3.37. The van der Waals surface area contributed by atoms with Gasteiger partial charge in [-0.2, -0.15) is 0 Å². The molecule has 0 radical (unpaired) electrons. The largest absolute Gasteiger partial charge is 0.478 e. The molecule has 1 aromatic rings. The van der Waals surface area contributed by atoms with E-state index in [1.54, 1.807) is 6.92 Å². The first-order valence-corrected chi connectivity index (χ1v) is 7.13. The molecule has 0 heterocycles. The zero-order valence-electron chi connectivity index (χ0n) is 8.96. The molecule has 3 nitrogen and oxygen atoms in total. The van der Waals surface area contributed by atoms with Gasteiger partial charge in [0, 0.05) is 16.7 Å². The summed E-state index contributed by atoms with van der Waals surface area (Å²) < 4.78 is 9.92. The molecule has 1 N–H and O–H groups in total. The standard InChI is InChI=1S/C10H9Cl3O3S/c1-5-6(9(14)15)3-4-7(10(11,12)13)8(5)17(2)16/h3-4H,1-2H3,(H,14,15)/t17-/m0/s1. The monoisotopic (exact) mass is 314 g/mol. The number of alkyl halides is 3. The van der Waals surface area contributed by atoms with Gasteiger partial charge in [0.25, 0.3) is 0 Å². The summed E-state index contributed by atoms with van der Waals surface area (Å²) in [4.78, 5) is 11.2. The van der Waals surface area contributed by atoms with Crippen molar-refractivity contribution in [2.75, 3.05) is 6.26 Å². The van der Waals surface area contributed by atoms with Crippen LogP contribution in [0.4, 0.5) is 0 Å². The maximum atomic E-state index is 11.7. The van der Waals surface area contributed by atoms with E-state index < -0.39 is 20.6 Å². The maximum absolute atomic E-state index is 11.7. The average molecular weight is 316 g/mol. The highest BCUT2D eigenvalue weighted by molar-refractivity contribution is 7.84. The van der Waals surface area contributed by atoms with E-state index in [1.165, 1.54) is 18.4 Å². The molecule has 17 heavy (non-hydrogen) atoms. The van der Waals surface area contributed by atoms with Gasteiger partial charge in [0.15, 0.2) is 0 Å². The van der Waals surface area contributed by atoms with Crippen LogP contribution in [-0.2, 0) is 14.6 Å². The van der Waals surface area contributed by atoms with E-state index in [4.69, 9.17) is 39.9 Å². The molecule has 0 aliphatic carbocycles. The molecular formula is C10H9Cl3O3S. The molecular weight excluding hydrogens is 307 g/mol. The average Bonchev–Trinajstić information content (AvgIpc) is 2.14. The van der Waals surface area contributed by atoms with E-state index in [1.807, 2.05) is 0 Å². The highest BCUT2D eigenvalue weighted by Crippen LogP contribution is 2.42. The molecule has 94 valence electrons. The van der Waals surface area contributed by atoms with Crippen LogP contribution in [0.2, 0.25) is 0 Å².